The number of hydrogen-bond acceptors (Lipinski definition) is 6. The Morgan fingerprint density at radius 2 is 2.11 bits per heavy atom. The van der Waals surface area contributed by atoms with Crippen molar-refractivity contribution in [1.82, 2.24) is 19.9 Å². The highest BCUT2D eigenvalue weighted by Gasteiger charge is 2.34. The van der Waals surface area contributed by atoms with Crippen LogP contribution >= 0.6 is 11.3 Å². The summed E-state index contributed by atoms with van der Waals surface area (Å²) in [5.74, 6) is 1.11. The Bertz CT molecular complexity index is 879. The van der Waals surface area contributed by atoms with Crippen molar-refractivity contribution in [1.29, 1.82) is 0 Å². The van der Waals surface area contributed by atoms with Gasteiger partial charge in [0.2, 0.25) is 0 Å². The van der Waals surface area contributed by atoms with Crippen molar-refractivity contribution in [3.05, 3.63) is 70.0 Å². The van der Waals surface area contributed by atoms with E-state index < -0.39 is 0 Å². The normalized spacial score (nSPS) is 18.4. The molecule has 0 spiro atoms. The molecule has 1 amide bonds. The molecule has 1 unspecified atom stereocenters. The molecule has 7 heteroatoms. The predicted octanol–water partition coefficient (Wildman–Crippen LogP) is 3.53. The van der Waals surface area contributed by atoms with Gasteiger partial charge in [0.25, 0.3) is 11.8 Å². The van der Waals surface area contributed by atoms with Crippen LogP contribution in [-0.2, 0) is 6.54 Å². The number of nitrogens with zero attached hydrogens (tertiary/aromatic N) is 4. The van der Waals surface area contributed by atoms with Gasteiger partial charge < -0.3 is 9.42 Å². The van der Waals surface area contributed by atoms with E-state index >= 15 is 0 Å². The number of hydrogen-bond donors (Lipinski definition) is 0. The zero-order valence-corrected chi connectivity index (χ0v) is 16.1. The monoisotopic (exact) mass is 382 g/mol. The lowest BCUT2D eigenvalue weighted by Gasteiger charge is -2.29. The summed E-state index contributed by atoms with van der Waals surface area (Å²) in [5.41, 5.74) is 1.98. The predicted molar refractivity (Wildman–Crippen MR) is 103 cm³/mol. The van der Waals surface area contributed by atoms with Crippen LogP contribution in [0.1, 0.15) is 40.1 Å². The minimum atomic E-state index is -0.250. The molecule has 0 saturated carbocycles. The molecule has 1 aliphatic rings. The van der Waals surface area contributed by atoms with Crippen molar-refractivity contribution in [3.63, 3.8) is 0 Å². The van der Waals surface area contributed by atoms with Gasteiger partial charge in [-0.2, -0.15) is 16.3 Å². The fourth-order valence-electron chi connectivity index (χ4n) is 3.49. The summed E-state index contributed by atoms with van der Waals surface area (Å²) in [4.78, 5) is 21.9. The number of aromatic nitrogens is 2. The van der Waals surface area contributed by atoms with Crippen molar-refractivity contribution in [2.75, 3.05) is 19.6 Å². The average molecular weight is 382 g/mol. The van der Waals surface area contributed by atoms with E-state index in [1.807, 2.05) is 35.2 Å². The standard InChI is InChI=1S/C20H22N4O2S/c1-15-21-19(26-22-15)18-13-23(12-16-8-11-27-14-16)9-5-10-24(18)20(25)17-6-3-2-4-7-17/h2-4,6-8,11,14,18H,5,9-10,12-13H2,1H3. The third-order valence-corrected chi connectivity index (χ3v) is 5.51. The number of rotatable bonds is 4. The van der Waals surface area contributed by atoms with E-state index in [2.05, 4.69) is 31.9 Å². The molecular weight excluding hydrogens is 360 g/mol. The van der Waals surface area contributed by atoms with Crippen LogP contribution in [0.25, 0.3) is 0 Å². The van der Waals surface area contributed by atoms with E-state index in [0.29, 0.717) is 30.4 Å². The summed E-state index contributed by atoms with van der Waals surface area (Å²) in [5, 5.41) is 8.21. The second kappa shape index (κ2) is 8.02. The Morgan fingerprint density at radius 1 is 1.26 bits per heavy atom. The van der Waals surface area contributed by atoms with E-state index in [0.717, 1.165) is 19.5 Å². The van der Waals surface area contributed by atoms with Gasteiger partial charge >= 0.3 is 0 Å². The topological polar surface area (TPSA) is 62.5 Å². The first-order valence-electron chi connectivity index (χ1n) is 9.10. The van der Waals surface area contributed by atoms with Gasteiger partial charge in [-0.05, 0) is 47.9 Å². The van der Waals surface area contributed by atoms with Gasteiger partial charge in [-0.3, -0.25) is 9.69 Å². The summed E-state index contributed by atoms with van der Waals surface area (Å²) in [7, 11) is 0. The van der Waals surface area contributed by atoms with Gasteiger partial charge in [-0.15, -0.1) is 0 Å². The fraction of sp³-hybridized carbons (Fsp3) is 0.350. The largest absolute Gasteiger partial charge is 0.337 e. The Morgan fingerprint density at radius 3 is 2.81 bits per heavy atom. The number of amides is 1. The van der Waals surface area contributed by atoms with Gasteiger partial charge in [0, 0.05) is 31.7 Å². The molecule has 2 aromatic heterocycles. The van der Waals surface area contributed by atoms with Crippen LogP contribution in [0.4, 0.5) is 0 Å². The van der Waals surface area contributed by atoms with Crippen LogP contribution in [-0.4, -0.2) is 45.5 Å². The molecule has 0 aliphatic carbocycles. The first kappa shape index (κ1) is 17.9. The maximum Gasteiger partial charge on any atom is 0.254 e. The van der Waals surface area contributed by atoms with Gasteiger partial charge in [0.1, 0.15) is 6.04 Å². The maximum atomic E-state index is 13.2. The van der Waals surface area contributed by atoms with Gasteiger partial charge in [0.05, 0.1) is 0 Å². The van der Waals surface area contributed by atoms with Crippen LogP contribution in [0, 0.1) is 6.92 Å². The third kappa shape index (κ3) is 4.09. The Labute approximate surface area is 162 Å². The quantitative estimate of drug-likeness (QED) is 0.691. The van der Waals surface area contributed by atoms with E-state index in [1.165, 1.54) is 5.56 Å². The lowest BCUT2D eigenvalue weighted by molar-refractivity contribution is 0.0631. The summed E-state index contributed by atoms with van der Waals surface area (Å²) in [6.07, 6.45) is 0.909. The van der Waals surface area contributed by atoms with Crippen LogP contribution in [0.3, 0.4) is 0 Å². The van der Waals surface area contributed by atoms with Crippen molar-refractivity contribution < 1.29 is 9.32 Å². The lowest BCUT2D eigenvalue weighted by Crippen LogP contribution is -2.38. The van der Waals surface area contributed by atoms with Crippen molar-refractivity contribution in [2.45, 2.75) is 25.9 Å². The number of aryl methyl sites for hydroxylation is 1. The molecule has 4 rings (SSSR count). The van der Waals surface area contributed by atoms with E-state index in [-0.39, 0.29) is 11.9 Å². The second-order valence-corrected chi connectivity index (χ2v) is 7.56. The highest BCUT2D eigenvalue weighted by atomic mass is 32.1. The molecule has 0 bridgehead atoms. The third-order valence-electron chi connectivity index (χ3n) is 4.78. The molecule has 1 aromatic carbocycles. The molecule has 1 fully saturated rings. The van der Waals surface area contributed by atoms with E-state index in [9.17, 15) is 4.79 Å². The molecule has 140 valence electrons. The summed E-state index contributed by atoms with van der Waals surface area (Å²) >= 11 is 1.70. The van der Waals surface area contributed by atoms with Gasteiger partial charge in [-0.1, -0.05) is 23.4 Å². The van der Waals surface area contributed by atoms with Crippen LogP contribution < -0.4 is 0 Å². The Kier molecular flexibility index (Phi) is 5.31. The number of carbonyl (C=O) groups is 1. The van der Waals surface area contributed by atoms with E-state index in [4.69, 9.17) is 4.52 Å². The first-order valence-corrected chi connectivity index (χ1v) is 10.0. The zero-order valence-electron chi connectivity index (χ0n) is 15.2. The molecule has 6 nitrogen and oxygen atoms in total. The number of thiophene rings is 1. The van der Waals surface area contributed by atoms with Crippen molar-refractivity contribution in [2.24, 2.45) is 0 Å². The highest BCUT2D eigenvalue weighted by molar-refractivity contribution is 7.07. The summed E-state index contributed by atoms with van der Waals surface area (Å²) < 4.78 is 5.48. The minimum absolute atomic E-state index is 0.00818. The molecule has 0 radical (unpaired) electrons. The number of benzene rings is 1. The Balaban J connectivity index is 1.62. The SMILES string of the molecule is Cc1noc(C2CN(Cc3ccsc3)CCCN2C(=O)c2ccccc2)n1. The second-order valence-electron chi connectivity index (χ2n) is 6.78. The van der Waals surface area contributed by atoms with Gasteiger partial charge in [-0.25, -0.2) is 0 Å². The van der Waals surface area contributed by atoms with Crippen LogP contribution in [0.2, 0.25) is 0 Å². The average Bonchev–Trinajstić information content (AvgIpc) is 3.30. The Hall–Kier alpha value is -2.51. The van der Waals surface area contributed by atoms with Crippen molar-refractivity contribution >= 4 is 17.2 Å². The maximum absolute atomic E-state index is 13.2. The molecule has 1 saturated heterocycles. The minimum Gasteiger partial charge on any atom is -0.337 e. The van der Waals surface area contributed by atoms with E-state index in [1.54, 1.807) is 18.3 Å². The molecule has 3 heterocycles. The molecule has 0 N–H and O–H groups in total. The lowest BCUT2D eigenvalue weighted by atomic mass is 10.1. The van der Waals surface area contributed by atoms with Crippen LogP contribution in [0.5, 0.6) is 0 Å². The molecular formula is C20H22N4O2S. The van der Waals surface area contributed by atoms with Crippen molar-refractivity contribution in [3.8, 4) is 0 Å². The fourth-order valence-corrected chi connectivity index (χ4v) is 4.15. The first-order chi connectivity index (χ1) is 13.2. The van der Waals surface area contributed by atoms with Gasteiger partial charge in [0.15, 0.2) is 5.82 Å². The molecule has 1 atom stereocenters. The summed E-state index contributed by atoms with van der Waals surface area (Å²) in [6.45, 7) is 4.94. The molecule has 27 heavy (non-hydrogen) atoms. The highest BCUT2D eigenvalue weighted by Crippen LogP contribution is 2.27. The molecule has 3 aromatic rings. The number of carbonyl (C=O) groups excluding carboxylic acids is 1. The zero-order chi connectivity index (χ0) is 18.6. The summed E-state index contributed by atoms with van der Waals surface area (Å²) in [6, 6.07) is 11.3. The molecule has 1 aliphatic heterocycles. The van der Waals surface area contributed by atoms with Crippen LogP contribution in [0.15, 0.2) is 51.7 Å². The smallest absolute Gasteiger partial charge is 0.254 e.